The van der Waals surface area contributed by atoms with E-state index in [-0.39, 0.29) is 16.2 Å². The molecule has 0 unspecified atom stereocenters. The molecular formula is C30H35N5O4S. The molecule has 9 nitrogen and oxygen atoms in total. The normalized spacial score (nSPS) is 15.2. The smallest absolute Gasteiger partial charge is 0.392 e. The number of hydrogen-bond acceptors (Lipinski definition) is 6. The van der Waals surface area contributed by atoms with Crippen molar-refractivity contribution in [3.05, 3.63) is 78.4 Å². The van der Waals surface area contributed by atoms with E-state index in [0.29, 0.717) is 29.9 Å². The molecule has 0 bridgehead atoms. The van der Waals surface area contributed by atoms with Crippen LogP contribution in [0.4, 0.5) is 10.5 Å². The third-order valence-corrected chi connectivity index (χ3v) is 8.45. The number of carbonyl (C=O) groups is 1. The van der Waals surface area contributed by atoms with Crippen molar-refractivity contribution in [3.8, 4) is 17.0 Å². The first kappa shape index (κ1) is 27.7. The number of nitrogens with zero attached hydrogens (tertiary/aromatic N) is 2. The fraction of sp³-hybridized carbons (Fsp3) is 0.300. The van der Waals surface area contributed by atoms with Crippen LogP contribution in [0.15, 0.2) is 77.7 Å². The zero-order valence-electron chi connectivity index (χ0n) is 23.2. The number of aromatic amines is 1. The number of hydrazine groups is 1. The number of anilines is 1. The van der Waals surface area contributed by atoms with Crippen LogP contribution in [0.2, 0.25) is 0 Å². The Labute approximate surface area is 235 Å². The second kappa shape index (κ2) is 11.0. The summed E-state index contributed by atoms with van der Waals surface area (Å²) in [4.78, 5) is 18.4. The third-order valence-electron chi connectivity index (χ3n) is 7.06. The summed E-state index contributed by atoms with van der Waals surface area (Å²) in [5.74, 6) is 0.283. The molecule has 10 heteroatoms. The Morgan fingerprint density at radius 3 is 2.25 bits per heavy atom. The molecule has 1 amide bonds. The molecule has 4 aromatic rings. The van der Waals surface area contributed by atoms with Gasteiger partial charge in [0.15, 0.2) is 0 Å². The average molecular weight is 562 g/mol. The zero-order valence-corrected chi connectivity index (χ0v) is 24.0. The Morgan fingerprint density at radius 1 is 0.925 bits per heavy atom. The predicted molar refractivity (Wildman–Crippen MR) is 158 cm³/mol. The highest BCUT2D eigenvalue weighted by atomic mass is 32.2. The number of benzene rings is 3. The molecule has 5 rings (SSSR count). The van der Waals surface area contributed by atoms with Gasteiger partial charge in [0.1, 0.15) is 0 Å². The first-order valence-corrected chi connectivity index (χ1v) is 14.7. The number of hydrogen-bond donors (Lipinski definition) is 3. The number of piperazine rings is 1. The molecule has 1 fully saturated rings. The van der Waals surface area contributed by atoms with Crippen LogP contribution in [0.1, 0.15) is 26.3 Å². The molecule has 1 aliphatic rings. The highest BCUT2D eigenvalue weighted by Crippen LogP contribution is 2.39. The summed E-state index contributed by atoms with van der Waals surface area (Å²) in [7, 11) is -1.77. The van der Waals surface area contributed by atoms with Gasteiger partial charge in [0.05, 0.1) is 10.5 Å². The minimum Gasteiger partial charge on any atom is -0.392 e. The van der Waals surface area contributed by atoms with E-state index in [9.17, 15) is 13.2 Å². The van der Waals surface area contributed by atoms with Crippen LogP contribution < -0.4 is 14.9 Å². The molecule has 3 N–H and O–H groups in total. The van der Waals surface area contributed by atoms with E-state index in [1.807, 2.05) is 54.5 Å². The Bertz CT molecular complexity index is 1600. The first-order chi connectivity index (χ1) is 19.0. The largest absolute Gasteiger partial charge is 0.428 e. The van der Waals surface area contributed by atoms with E-state index in [0.717, 1.165) is 29.6 Å². The van der Waals surface area contributed by atoms with Crippen molar-refractivity contribution < 1.29 is 17.9 Å². The van der Waals surface area contributed by atoms with E-state index < -0.39 is 16.1 Å². The molecule has 2 heterocycles. The number of likely N-dealkylation sites (N-methyl/N-ethyl adjacent to an activating group) is 1. The van der Waals surface area contributed by atoms with E-state index in [1.165, 1.54) is 0 Å². The van der Waals surface area contributed by atoms with Crippen LogP contribution in [0, 0.1) is 0 Å². The number of aromatic nitrogens is 1. The molecule has 0 atom stereocenters. The maximum atomic E-state index is 13.2. The molecule has 1 aromatic heterocycles. The maximum absolute atomic E-state index is 13.2. The Balaban J connectivity index is 1.44. The van der Waals surface area contributed by atoms with E-state index in [4.69, 9.17) is 4.74 Å². The molecule has 1 aliphatic heterocycles. The highest BCUT2D eigenvalue weighted by molar-refractivity contribution is 7.92. The lowest BCUT2D eigenvalue weighted by Crippen LogP contribution is -2.53. The Morgan fingerprint density at radius 2 is 1.60 bits per heavy atom. The number of amides is 1. The monoisotopic (exact) mass is 561 g/mol. The van der Waals surface area contributed by atoms with Crippen molar-refractivity contribution in [2.75, 3.05) is 37.9 Å². The maximum Gasteiger partial charge on any atom is 0.428 e. The average Bonchev–Trinajstić information content (AvgIpc) is 3.26. The molecule has 0 aliphatic carbocycles. The van der Waals surface area contributed by atoms with Gasteiger partial charge in [-0.2, -0.15) is 0 Å². The fourth-order valence-electron chi connectivity index (χ4n) is 4.71. The standard InChI is InChI=1S/C30H35N5O4S/c1-30(2,3)22-10-13-24(14-11-22)40(37,38)33-23-12-15-26-25(20-23)27(21-8-6-5-7-9-21)28(31-26)39-29(36)32-35-18-16-34(4)17-19-35/h5-15,20,31,33H,16-19H2,1-4H3,(H,32,36). The molecular weight excluding hydrogens is 526 g/mol. The first-order valence-electron chi connectivity index (χ1n) is 13.3. The summed E-state index contributed by atoms with van der Waals surface area (Å²) in [6, 6.07) is 21.7. The number of ether oxygens (including phenoxy) is 1. The van der Waals surface area contributed by atoms with Gasteiger partial charge in [-0.3, -0.25) is 10.1 Å². The predicted octanol–water partition coefficient (Wildman–Crippen LogP) is 5.18. The second-order valence-electron chi connectivity index (χ2n) is 11.1. The lowest BCUT2D eigenvalue weighted by molar-refractivity contribution is 0.0973. The van der Waals surface area contributed by atoms with Crippen molar-refractivity contribution >= 4 is 32.7 Å². The summed E-state index contributed by atoms with van der Waals surface area (Å²) in [6.07, 6.45) is -0.590. The van der Waals surface area contributed by atoms with E-state index >= 15 is 0 Å². The molecule has 40 heavy (non-hydrogen) atoms. The van der Waals surface area contributed by atoms with Crippen molar-refractivity contribution in [3.63, 3.8) is 0 Å². The zero-order chi connectivity index (χ0) is 28.5. The van der Waals surface area contributed by atoms with Crippen LogP contribution in [0.5, 0.6) is 5.88 Å². The summed E-state index contributed by atoms with van der Waals surface area (Å²) in [5.41, 5.74) is 6.39. The van der Waals surface area contributed by atoms with Gasteiger partial charge in [0.25, 0.3) is 10.0 Å². The van der Waals surface area contributed by atoms with Crippen LogP contribution in [0.3, 0.4) is 0 Å². The summed E-state index contributed by atoms with van der Waals surface area (Å²) >= 11 is 0. The molecule has 3 aromatic carbocycles. The van der Waals surface area contributed by atoms with Gasteiger partial charge in [0, 0.05) is 42.8 Å². The van der Waals surface area contributed by atoms with Crippen molar-refractivity contribution in [1.82, 2.24) is 20.3 Å². The number of sulfonamides is 1. The third kappa shape index (κ3) is 6.14. The summed E-state index contributed by atoms with van der Waals surface area (Å²) < 4.78 is 34.9. The van der Waals surface area contributed by atoms with Gasteiger partial charge in [-0.1, -0.05) is 63.2 Å². The SMILES string of the molecule is CN1CCN(NC(=O)Oc2[nH]c3ccc(NS(=O)(=O)c4ccc(C(C)(C)C)cc4)cc3c2-c2ccccc2)CC1. The fourth-order valence-corrected chi connectivity index (χ4v) is 5.76. The van der Waals surface area contributed by atoms with Gasteiger partial charge in [-0.15, -0.1) is 0 Å². The van der Waals surface area contributed by atoms with Crippen LogP contribution in [0.25, 0.3) is 22.0 Å². The van der Waals surface area contributed by atoms with E-state index in [1.54, 1.807) is 30.3 Å². The summed E-state index contributed by atoms with van der Waals surface area (Å²) in [6.45, 7) is 9.35. The van der Waals surface area contributed by atoms with Gasteiger partial charge in [-0.25, -0.2) is 18.2 Å². The number of H-pyrrole nitrogens is 1. The van der Waals surface area contributed by atoms with E-state index in [2.05, 4.69) is 40.8 Å². The molecule has 1 saturated heterocycles. The molecule has 210 valence electrons. The van der Waals surface area contributed by atoms with Crippen molar-refractivity contribution in [2.45, 2.75) is 31.1 Å². The molecule has 0 saturated carbocycles. The molecule has 0 spiro atoms. The van der Waals surface area contributed by atoms with Gasteiger partial charge in [0.2, 0.25) is 5.88 Å². The second-order valence-corrected chi connectivity index (χ2v) is 12.8. The van der Waals surface area contributed by atoms with Gasteiger partial charge < -0.3 is 14.6 Å². The number of nitrogens with one attached hydrogen (secondary N) is 3. The minimum absolute atomic E-state index is 0.0793. The lowest BCUT2D eigenvalue weighted by atomic mass is 9.87. The van der Waals surface area contributed by atoms with Crippen molar-refractivity contribution in [1.29, 1.82) is 0 Å². The quantitative estimate of drug-likeness (QED) is 0.299. The highest BCUT2D eigenvalue weighted by Gasteiger charge is 2.22. The Kier molecular flexibility index (Phi) is 7.59. The number of carbonyl (C=O) groups excluding carboxylic acids is 1. The Hall–Kier alpha value is -3.86. The number of fused-ring (bicyclic) bond motifs is 1. The van der Waals surface area contributed by atoms with Crippen LogP contribution in [-0.2, 0) is 15.4 Å². The van der Waals surface area contributed by atoms with Gasteiger partial charge >= 0.3 is 6.09 Å². The minimum atomic E-state index is -3.82. The van der Waals surface area contributed by atoms with Crippen molar-refractivity contribution in [2.24, 2.45) is 0 Å². The lowest BCUT2D eigenvalue weighted by Gasteiger charge is -2.31. The number of rotatable bonds is 6. The topological polar surface area (TPSA) is 107 Å². The molecule has 0 radical (unpaired) electrons. The van der Waals surface area contributed by atoms with Crippen LogP contribution in [-0.4, -0.2) is 62.6 Å². The van der Waals surface area contributed by atoms with Crippen LogP contribution >= 0.6 is 0 Å². The van der Waals surface area contributed by atoms with Gasteiger partial charge in [-0.05, 0) is 53.9 Å². The summed E-state index contributed by atoms with van der Waals surface area (Å²) in [5, 5.41) is 2.56.